The molecule has 16 heavy (non-hydrogen) atoms. The molecule has 3 heterocycles. The van der Waals surface area contributed by atoms with Gasteiger partial charge in [0.1, 0.15) is 16.7 Å². The van der Waals surface area contributed by atoms with Gasteiger partial charge in [0.2, 0.25) is 0 Å². The van der Waals surface area contributed by atoms with Crippen LogP contribution in [0.15, 0.2) is 36.8 Å². The minimum atomic E-state index is 1.01. The molecule has 0 aliphatic heterocycles. The molecular weight excluding hydrogens is 218 g/mol. The Morgan fingerprint density at radius 1 is 1.19 bits per heavy atom. The molecule has 3 nitrogen and oxygen atoms in total. The van der Waals surface area contributed by atoms with Gasteiger partial charge < -0.3 is 4.98 Å². The number of H-pyrrole nitrogens is 1. The van der Waals surface area contributed by atoms with Crippen molar-refractivity contribution in [1.29, 1.82) is 0 Å². The number of benzene rings is 1. The molecule has 3 aromatic heterocycles. The zero-order valence-electron chi connectivity index (χ0n) is 8.27. The summed E-state index contributed by atoms with van der Waals surface area (Å²) in [7, 11) is 0. The lowest BCUT2D eigenvalue weighted by Crippen LogP contribution is -1.76. The molecule has 1 aromatic carbocycles. The lowest BCUT2D eigenvalue weighted by molar-refractivity contribution is 1.22. The van der Waals surface area contributed by atoms with Crippen LogP contribution in [0.1, 0.15) is 0 Å². The monoisotopic (exact) mass is 225 g/mol. The maximum absolute atomic E-state index is 4.36. The van der Waals surface area contributed by atoms with Gasteiger partial charge in [0.15, 0.2) is 0 Å². The van der Waals surface area contributed by atoms with E-state index in [1.165, 1.54) is 20.3 Å². The molecule has 76 valence electrons. The van der Waals surface area contributed by atoms with E-state index in [-0.39, 0.29) is 0 Å². The van der Waals surface area contributed by atoms with Crippen molar-refractivity contribution in [2.24, 2.45) is 0 Å². The van der Waals surface area contributed by atoms with E-state index >= 15 is 0 Å². The van der Waals surface area contributed by atoms with Gasteiger partial charge in [-0.05, 0) is 6.07 Å². The van der Waals surface area contributed by atoms with Gasteiger partial charge in [-0.2, -0.15) is 0 Å². The molecule has 0 bridgehead atoms. The maximum atomic E-state index is 4.36. The summed E-state index contributed by atoms with van der Waals surface area (Å²) >= 11 is 1.76. The van der Waals surface area contributed by atoms with Crippen molar-refractivity contribution in [3.8, 4) is 0 Å². The molecule has 0 radical (unpaired) electrons. The summed E-state index contributed by atoms with van der Waals surface area (Å²) in [5.41, 5.74) is 2.02. The number of aromatic amines is 1. The highest BCUT2D eigenvalue weighted by molar-refractivity contribution is 7.25. The number of rotatable bonds is 0. The van der Waals surface area contributed by atoms with Gasteiger partial charge >= 0.3 is 0 Å². The van der Waals surface area contributed by atoms with Crippen LogP contribution < -0.4 is 0 Å². The van der Waals surface area contributed by atoms with E-state index in [0.29, 0.717) is 0 Å². The first-order chi connectivity index (χ1) is 7.93. The van der Waals surface area contributed by atoms with Crippen molar-refractivity contribution in [3.63, 3.8) is 0 Å². The van der Waals surface area contributed by atoms with Crippen molar-refractivity contribution in [2.45, 2.75) is 0 Å². The number of nitrogens with one attached hydrogen (secondary N) is 1. The molecule has 4 rings (SSSR count). The molecule has 0 fully saturated rings. The summed E-state index contributed by atoms with van der Waals surface area (Å²) in [6.07, 6.45) is 3.42. The van der Waals surface area contributed by atoms with Crippen molar-refractivity contribution < 1.29 is 0 Å². The fourth-order valence-electron chi connectivity index (χ4n) is 2.11. The molecule has 0 atom stereocenters. The number of fused-ring (bicyclic) bond motifs is 5. The summed E-state index contributed by atoms with van der Waals surface area (Å²) < 4.78 is 1.30. The molecule has 0 saturated carbocycles. The first-order valence-corrected chi connectivity index (χ1v) is 5.84. The van der Waals surface area contributed by atoms with Crippen LogP contribution in [-0.4, -0.2) is 15.0 Å². The molecule has 0 unspecified atom stereocenters. The third kappa shape index (κ3) is 0.919. The molecule has 1 N–H and O–H groups in total. The van der Waals surface area contributed by atoms with E-state index in [2.05, 4.69) is 39.2 Å². The van der Waals surface area contributed by atoms with Gasteiger partial charge in [0, 0.05) is 15.5 Å². The molecule has 0 aliphatic carbocycles. The Balaban J connectivity index is 2.38. The second-order valence-electron chi connectivity index (χ2n) is 3.71. The van der Waals surface area contributed by atoms with Crippen LogP contribution in [0, 0.1) is 0 Å². The van der Waals surface area contributed by atoms with Gasteiger partial charge in [-0.25, -0.2) is 9.97 Å². The average molecular weight is 225 g/mol. The maximum Gasteiger partial charge on any atom is 0.116 e. The lowest BCUT2D eigenvalue weighted by Gasteiger charge is -1.89. The second-order valence-corrected chi connectivity index (χ2v) is 4.76. The Bertz CT molecular complexity index is 747. The summed E-state index contributed by atoms with van der Waals surface area (Å²) in [4.78, 5) is 12.9. The third-order valence-corrected chi connectivity index (χ3v) is 3.88. The highest BCUT2D eigenvalue weighted by Gasteiger charge is 2.11. The van der Waals surface area contributed by atoms with Gasteiger partial charge in [0.25, 0.3) is 0 Å². The van der Waals surface area contributed by atoms with E-state index in [4.69, 9.17) is 0 Å². The van der Waals surface area contributed by atoms with E-state index in [0.717, 1.165) is 11.0 Å². The first kappa shape index (κ1) is 8.24. The molecule has 4 aromatic rings. The Hall–Kier alpha value is -1.94. The molecule has 4 heteroatoms. The van der Waals surface area contributed by atoms with E-state index in [9.17, 15) is 0 Å². The van der Waals surface area contributed by atoms with Crippen LogP contribution in [0.2, 0.25) is 0 Å². The summed E-state index contributed by atoms with van der Waals surface area (Å²) in [5.74, 6) is 0. The quantitative estimate of drug-likeness (QED) is 0.498. The lowest BCUT2D eigenvalue weighted by atomic mass is 10.2. The van der Waals surface area contributed by atoms with Crippen LogP contribution in [0.5, 0.6) is 0 Å². The fraction of sp³-hybridized carbons (Fsp3) is 0. The van der Waals surface area contributed by atoms with Crippen molar-refractivity contribution >= 4 is 42.7 Å². The average Bonchev–Trinajstić information content (AvgIpc) is 2.83. The zero-order chi connectivity index (χ0) is 10.5. The smallest absolute Gasteiger partial charge is 0.116 e. The number of thiophene rings is 1. The second kappa shape index (κ2) is 2.80. The van der Waals surface area contributed by atoms with E-state index < -0.39 is 0 Å². The minimum absolute atomic E-state index is 1.01. The fourth-order valence-corrected chi connectivity index (χ4v) is 3.23. The van der Waals surface area contributed by atoms with Crippen LogP contribution in [-0.2, 0) is 0 Å². The molecular formula is C12H7N3S. The summed E-state index contributed by atoms with van der Waals surface area (Å²) in [5, 5.41) is 2.49. The third-order valence-electron chi connectivity index (χ3n) is 2.79. The predicted octanol–water partition coefficient (Wildman–Crippen LogP) is 3.33. The topological polar surface area (TPSA) is 41.6 Å². The standard InChI is InChI=1S/C12H7N3S/c1-2-4-9-7(3-1)10-11-8(5-13-6-14-11)15-12(10)16-9/h1-6,15H. The SMILES string of the molecule is c1ccc2c(c1)sc1[nH]c3cncnc3c12. The molecule has 0 saturated heterocycles. The van der Waals surface area contributed by atoms with Crippen LogP contribution in [0.3, 0.4) is 0 Å². The number of hydrogen-bond donors (Lipinski definition) is 1. The first-order valence-electron chi connectivity index (χ1n) is 5.02. The van der Waals surface area contributed by atoms with Crippen LogP contribution in [0.4, 0.5) is 0 Å². The molecule has 0 spiro atoms. The highest BCUT2D eigenvalue weighted by Crippen LogP contribution is 2.36. The van der Waals surface area contributed by atoms with E-state index in [1.807, 2.05) is 6.20 Å². The molecule has 0 aliphatic rings. The Kier molecular flexibility index (Phi) is 1.44. The van der Waals surface area contributed by atoms with Gasteiger partial charge in [0.05, 0.1) is 11.7 Å². The van der Waals surface area contributed by atoms with Crippen LogP contribution >= 0.6 is 11.3 Å². The predicted molar refractivity (Wildman–Crippen MR) is 66.8 cm³/mol. The van der Waals surface area contributed by atoms with E-state index in [1.54, 1.807) is 17.7 Å². The minimum Gasteiger partial charge on any atom is -0.344 e. The Morgan fingerprint density at radius 3 is 3.12 bits per heavy atom. The number of aromatic nitrogens is 3. The van der Waals surface area contributed by atoms with Crippen molar-refractivity contribution in [1.82, 2.24) is 15.0 Å². The highest BCUT2D eigenvalue weighted by atomic mass is 32.1. The summed E-state index contributed by atoms with van der Waals surface area (Å²) in [6.45, 7) is 0. The number of nitrogens with zero attached hydrogens (tertiary/aromatic N) is 2. The molecule has 0 amide bonds. The normalized spacial score (nSPS) is 11.8. The van der Waals surface area contributed by atoms with Gasteiger partial charge in [-0.1, -0.05) is 18.2 Å². The van der Waals surface area contributed by atoms with Gasteiger partial charge in [-0.15, -0.1) is 11.3 Å². The largest absolute Gasteiger partial charge is 0.344 e. The van der Waals surface area contributed by atoms with Gasteiger partial charge in [-0.3, -0.25) is 0 Å². The Labute approximate surface area is 94.8 Å². The zero-order valence-corrected chi connectivity index (χ0v) is 9.08. The van der Waals surface area contributed by atoms with Crippen LogP contribution in [0.25, 0.3) is 31.3 Å². The van der Waals surface area contributed by atoms with Crippen molar-refractivity contribution in [3.05, 3.63) is 36.8 Å². The Morgan fingerprint density at radius 2 is 2.12 bits per heavy atom. The number of hydrogen-bond acceptors (Lipinski definition) is 3. The van der Waals surface area contributed by atoms with Crippen molar-refractivity contribution in [2.75, 3.05) is 0 Å². The summed E-state index contributed by atoms with van der Waals surface area (Å²) in [6, 6.07) is 8.41.